The minimum Gasteiger partial charge on any atom is -0.462 e. The van der Waals surface area contributed by atoms with Gasteiger partial charge in [-0.15, -0.1) is 0 Å². The molecule has 0 unspecified atom stereocenters. The Bertz CT molecular complexity index is 517. The molecule has 1 aromatic heterocycles. The summed E-state index contributed by atoms with van der Waals surface area (Å²) in [5.74, 6) is 4.01. The second kappa shape index (κ2) is 5.47. The van der Waals surface area contributed by atoms with Gasteiger partial charge in [0.2, 0.25) is 5.91 Å². The van der Waals surface area contributed by atoms with Crippen LogP contribution in [0.1, 0.15) is 44.1 Å². The lowest BCUT2D eigenvalue weighted by Crippen LogP contribution is -2.39. The predicted molar refractivity (Wildman–Crippen MR) is 79.0 cm³/mol. The molecule has 2 bridgehead atoms. The number of hydrogen-bond donors (Lipinski definition) is 1. The van der Waals surface area contributed by atoms with Crippen LogP contribution in [0.2, 0.25) is 0 Å². The monoisotopic (exact) mass is 273 g/mol. The third-order valence-corrected chi connectivity index (χ3v) is 4.97. The molecule has 3 heteroatoms. The van der Waals surface area contributed by atoms with Crippen molar-refractivity contribution in [3.8, 4) is 0 Å². The molecular formula is C17H23NO2. The number of rotatable bonds is 4. The summed E-state index contributed by atoms with van der Waals surface area (Å²) in [7, 11) is 0. The fraction of sp³-hybridized carbons (Fsp3) is 0.588. The maximum atomic E-state index is 12.0. The van der Waals surface area contributed by atoms with Crippen molar-refractivity contribution in [1.82, 2.24) is 5.32 Å². The van der Waals surface area contributed by atoms with E-state index < -0.39 is 0 Å². The summed E-state index contributed by atoms with van der Waals surface area (Å²) in [5.41, 5.74) is 0. The highest BCUT2D eigenvalue weighted by Gasteiger charge is 2.41. The van der Waals surface area contributed by atoms with Gasteiger partial charge in [-0.05, 0) is 69.1 Å². The fourth-order valence-corrected chi connectivity index (χ4v) is 3.99. The maximum Gasteiger partial charge on any atom is 0.244 e. The van der Waals surface area contributed by atoms with E-state index in [9.17, 15) is 4.79 Å². The van der Waals surface area contributed by atoms with Gasteiger partial charge in [0, 0.05) is 12.1 Å². The lowest BCUT2D eigenvalue weighted by atomic mass is 9.84. The van der Waals surface area contributed by atoms with E-state index in [1.54, 1.807) is 12.2 Å². The topological polar surface area (TPSA) is 42.2 Å². The Morgan fingerprint density at radius 1 is 1.40 bits per heavy atom. The van der Waals surface area contributed by atoms with Crippen molar-refractivity contribution in [1.29, 1.82) is 0 Å². The van der Waals surface area contributed by atoms with Gasteiger partial charge >= 0.3 is 0 Å². The number of carbonyl (C=O) groups excluding carboxylic acids is 1. The van der Waals surface area contributed by atoms with Crippen LogP contribution in [-0.4, -0.2) is 11.9 Å². The fourth-order valence-electron chi connectivity index (χ4n) is 3.99. The van der Waals surface area contributed by atoms with Crippen LogP contribution in [0.25, 0.3) is 6.08 Å². The van der Waals surface area contributed by atoms with Crippen LogP contribution in [0, 0.1) is 24.7 Å². The molecule has 0 radical (unpaired) electrons. The summed E-state index contributed by atoms with van der Waals surface area (Å²) in [5, 5.41) is 3.12. The number of aryl methyl sites for hydroxylation is 1. The number of nitrogens with one attached hydrogen (secondary N) is 1. The lowest BCUT2D eigenvalue weighted by molar-refractivity contribution is -0.117. The van der Waals surface area contributed by atoms with Gasteiger partial charge in [-0.3, -0.25) is 4.79 Å². The summed E-state index contributed by atoms with van der Waals surface area (Å²) in [6.45, 7) is 4.04. The van der Waals surface area contributed by atoms with Gasteiger partial charge in [0.1, 0.15) is 11.5 Å². The molecule has 2 aliphatic rings. The van der Waals surface area contributed by atoms with Gasteiger partial charge in [-0.25, -0.2) is 0 Å². The summed E-state index contributed by atoms with van der Waals surface area (Å²) >= 11 is 0. The first-order valence-corrected chi connectivity index (χ1v) is 7.67. The first-order chi connectivity index (χ1) is 9.61. The highest BCUT2D eigenvalue weighted by molar-refractivity contribution is 5.91. The molecule has 1 N–H and O–H groups in total. The Balaban J connectivity index is 1.52. The van der Waals surface area contributed by atoms with Crippen molar-refractivity contribution in [3.63, 3.8) is 0 Å². The van der Waals surface area contributed by atoms with E-state index in [0.717, 1.165) is 23.4 Å². The third-order valence-electron chi connectivity index (χ3n) is 4.97. The van der Waals surface area contributed by atoms with Crippen molar-refractivity contribution in [2.45, 2.75) is 45.6 Å². The highest BCUT2D eigenvalue weighted by atomic mass is 16.3. The van der Waals surface area contributed by atoms with Gasteiger partial charge in [0.05, 0.1) is 0 Å². The van der Waals surface area contributed by atoms with Crippen molar-refractivity contribution in [2.75, 3.05) is 0 Å². The SMILES string of the molecule is Cc1ccc(/C=C/C(=O)N[C@H](C)[C@H]2C[C@@H]3CC[C@@H]2C3)o1. The van der Waals surface area contributed by atoms with E-state index >= 15 is 0 Å². The molecule has 1 aromatic rings. The number of carbonyl (C=O) groups is 1. The molecule has 3 nitrogen and oxygen atoms in total. The van der Waals surface area contributed by atoms with Crippen molar-refractivity contribution >= 4 is 12.0 Å². The number of furan rings is 1. The number of fused-ring (bicyclic) bond motifs is 2. The largest absolute Gasteiger partial charge is 0.462 e. The van der Waals surface area contributed by atoms with Crippen molar-refractivity contribution < 1.29 is 9.21 Å². The van der Waals surface area contributed by atoms with Crippen LogP contribution in [0.5, 0.6) is 0 Å². The first-order valence-electron chi connectivity index (χ1n) is 7.67. The molecule has 20 heavy (non-hydrogen) atoms. The van der Waals surface area contributed by atoms with E-state index in [1.807, 2.05) is 19.1 Å². The number of hydrogen-bond acceptors (Lipinski definition) is 2. The van der Waals surface area contributed by atoms with Crippen LogP contribution in [0.4, 0.5) is 0 Å². The normalized spacial score (nSPS) is 30.0. The van der Waals surface area contributed by atoms with Gasteiger partial charge in [0.15, 0.2) is 0 Å². The Morgan fingerprint density at radius 3 is 2.85 bits per heavy atom. The van der Waals surface area contributed by atoms with Crippen LogP contribution in [0.15, 0.2) is 22.6 Å². The Labute approximate surface area is 120 Å². The molecule has 0 saturated heterocycles. The van der Waals surface area contributed by atoms with Gasteiger partial charge in [-0.2, -0.15) is 0 Å². The smallest absolute Gasteiger partial charge is 0.244 e. The van der Waals surface area contributed by atoms with Gasteiger partial charge in [-0.1, -0.05) is 6.42 Å². The zero-order chi connectivity index (χ0) is 14.1. The minimum absolute atomic E-state index is 0.0191. The summed E-state index contributed by atoms with van der Waals surface area (Å²) in [4.78, 5) is 12.0. The average Bonchev–Trinajstić information content (AvgIpc) is 3.12. The minimum atomic E-state index is -0.0191. The summed E-state index contributed by atoms with van der Waals surface area (Å²) < 4.78 is 5.41. The van der Waals surface area contributed by atoms with Gasteiger partial charge in [0.25, 0.3) is 0 Å². The molecule has 1 heterocycles. The molecule has 1 amide bonds. The van der Waals surface area contributed by atoms with Crippen molar-refractivity contribution in [2.24, 2.45) is 17.8 Å². The molecular weight excluding hydrogens is 250 g/mol. The molecule has 3 rings (SSSR count). The molecule has 2 fully saturated rings. The summed E-state index contributed by atoms with van der Waals surface area (Å²) in [6, 6.07) is 4.05. The first kappa shape index (κ1) is 13.5. The summed E-state index contributed by atoms with van der Waals surface area (Å²) in [6.07, 6.45) is 8.74. The second-order valence-corrected chi connectivity index (χ2v) is 6.42. The zero-order valence-electron chi connectivity index (χ0n) is 12.3. The Morgan fingerprint density at radius 2 is 2.25 bits per heavy atom. The van der Waals surface area contributed by atoms with E-state index in [2.05, 4.69) is 12.2 Å². The zero-order valence-corrected chi connectivity index (χ0v) is 12.3. The highest BCUT2D eigenvalue weighted by Crippen LogP contribution is 2.49. The van der Waals surface area contributed by atoms with E-state index in [4.69, 9.17) is 4.42 Å². The maximum absolute atomic E-state index is 12.0. The van der Waals surface area contributed by atoms with Crippen molar-refractivity contribution in [3.05, 3.63) is 29.7 Å². The van der Waals surface area contributed by atoms with Gasteiger partial charge < -0.3 is 9.73 Å². The van der Waals surface area contributed by atoms with E-state index in [1.165, 1.54) is 25.7 Å². The lowest BCUT2D eigenvalue weighted by Gasteiger charge is -2.28. The molecule has 0 aliphatic heterocycles. The molecule has 2 saturated carbocycles. The van der Waals surface area contributed by atoms with Crippen LogP contribution in [0.3, 0.4) is 0 Å². The Kier molecular flexibility index (Phi) is 3.68. The predicted octanol–water partition coefficient (Wildman–Crippen LogP) is 3.54. The second-order valence-electron chi connectivity index (χ2n) is 6.42. The average molecular weight is 273 g/mol. The quantitative estimate of drug-likeness (QED) is 0.853. The molecule has 0 spiro atoms. The number of amides is 1. The van der Waals surface area contributed by atoms with Crippen LogP contribution in [-0.2, 0) is 4.79 Å². The van der Waals surface area contributed by atoms with Crippen LogP contribution >= 0.6 is 0 Å². The molecule has 2 aliphatic carbocycles. The Hall–Kier alpha value is -1.51. The molecule has 108 valence electrons. The van der Waals surface area contributed by atoms with E-state index in [-0.39, 0.29) is 11.9 Å². The third kappa shape index (κ3) is 2.82. The van der Waals surface area contributed by atoms with E-state index in [0.29, 0.717) is 5.92 Å². The molecule has 0 aromatic carbocycles. The van der Waals surface area contributed by atoms with Crippen LogP contribution < -0.4 is 5.32 Å². The molecule has 4 atom stereocenters. The standard InChI is InChI=1S/C17H23NO2/c1-11-3-6-15(20-11)7-8-17(19)18-12(2)16-10-13-4-5-14(16)9-13/h3,6-8,12-14,16H,4-5,9-10H2,1-2H3,(H,18,19)/b8-7+/t12-,13-,14-,16-/m1/s1.